The Bertz CT molecular complexity index is 1630. The lowest BCUT2D eigenvalue weighted by Crippen LogP contribution is -2.21. The molecule has 2 aromatic heterocycles. The first-order valence-electron chi connectivity index (χ1n) is 11.2. The molecule has 32 heavy (non-hydrogen) atoms. The summed E-state index contributed by atoms with van der Waals surface area (Å²) < 4.78 is 2.44. The minimum atomic E-state index is 0.202. The van der Waals surface area contributed by atoms with Gasteiger partial charge in [0.25, 0.3) is 0 Å². The van der Waals surface area contributed by atoms with Crippen LogP contribution in [0.3, 0.4) is 0 Å². The van der Waals surface area contributed by atoms with Gasteiger partial charge in [-0.2, -0.15) is 0 Å². The van der Waals surface area contributed by atoms with E-state index < -0.39 is 0 Å². The molecule has 7 rings (SSSR count). The smallest absolute Gasteiger partial charge is 0.145 e. The van der Waals surface area contributed by atoms with Gasteiger partial charge in [0.1, 0.15) is 5.65 Å². The van der Waals surface area contributed by atoms with Gasteiger partial charge in [0.2, 0.25) is 0 Å². The Kier molecular flexibility index (Phi) is 3.63. The van der Waals surface area contributed by atoms with Crippen LogP contribution in [0.2, 0.25) is 0 Å². The Morgan fingerprint density at radius 2 is 1.28 bits per heavy atom. The molecule has 0 saturated carbocycles. The zero-order chi connectivity index (χ0) is 21.2. The normalized spacial score (nSPS) is 17.5. The zero-order valence-corrected chi connectivity index (χ0v) is 17.9. The van der Waals surface area contributed by atoms with Crippen LogP contribution in [-0.2, 0) is 0 Å². The number of nitrogens with zero attached hydrogens (tertiary/aromatic N) is 2. The van der Waals surface area contributed by atoms with Gasteiger partial charge in [0, 0.05) is 28.8 Å². The highest BCUT2D eigenvalue weighted by atomic mass is 15.0. The third-order valence-corrected chi connectivity index (χ3v) is 7.17. The van der Waals surface area contributed by atoms with Gasteiger partial charge in [-0.3, -0.25) is 4.40 Å². The summed E-state index contributed by atoms with van der Waals surface area (Å²) in [7, 11) is 0. The van der Waals surface area contributed by atoms with Gasteiger partial charge in [-0.1, -0.05) is 97.1 Å². The lowest BCUT2D eigenvalue weighted by atomic mass is 9.73. The van der Waals surface area contributed by atoms with Gasteiger partial charge >= 0.3 is 0 Å². The van der Waals surface area contributed by atoms with Crippen LogP contribution in [0.1, 0.15) is 39.8 Å². The molecule has 0 radical (unpaired) electrons. The number of hydrogen-bond acceptors (Lipinski definition) is 1. The van der Waals surface area contributed by atoms with Crippen molar-refractivity contribution in [2.75, 3.05) is 0 Å². The number of aromatic nitrogens is 2. The summed E-state index contributed by atoms with van der Waals surface area (Å²) in [5.74, 6) is 0.434. The average Bonchev–Trinajstić information content (AvgIpc) is 3.30. The Labute approximate surface area is 186 Å². The summed E-state index contributed by atoms with van der Waals surface area (Å²) in [6.45, 7) is 2.23. The average molecular weight is 411 g/mol. The fourth-order valence-corrected chi connectivity index (χ4v) is 5.85. The molecule has 2 nitrogen and oxygen atoms in total. The molecule has 2 atom stereocenters. The zero-order valence-electron chi connectivity index (χ0n) is 17.9. The summed E-state index contributed by atoms with van der Waals surface area (Å²) in [5.41, 5.74) is 9.01. The number of imidazole rings is 1. The van der Waals surface area contributed by atoms with Crippen LogP contribution in [0.15, 0.2) is 103 Å². The van der Waals surface area contributed by atoms with Gasteiger partial charge in [0.05, 0.1) is 11.2 Å². The Morgan fingerprint density at radius 1 is 0.656 bits per heavy atom. The summed E-state index contributed by atoms with van der Waals surface area (Å²) in [6.07, 6.45) is 2.11. The van der Waals surface area contributed by atoms with Crippen LogP contribution in [0.4, 0.5) is 0 Å². The Morgan fingerprint density at radius 3 is 2.00 bits per heavy atom. The SMILES string of the molecule is Cc1ccc2c3c1c1ccccc1c1ncc(n13)C(c1ccccc1)C2c1ccccc1. The number of fused-ring (bicyclic) bond motifs is 3. The quantitative estimate of drug-likeness (QED) is 0.275. The molecule has 0 amide bonds. The second-order valence-corrected chi connectivity index (χ2v) is 8.86. The minimum Gasteiger partial charge on any atom is -0.295 e. The molecular weight excluding hydrogens is 388 g/mol. The fourth-order valence-electron chi connectivity index (χ4n) is 5.85. The van der Waals surface area contributed by atoms with Crippen molar-refractivity contribution in [3.05, 3.63) is 131 Å². The van der Waals surface area contributed by atoms with E-state index >= 15 is 0 Å². The monoisotopic (exact) mass is 410 g/mol. The largest absolute Gasteiger partial charge is 0.295 e. The van der Waals surface area contributed by atoms with Crippen LogP contribution in [0.25, 0.3) is 27.3 Å². The topological polar surface area (TPSA) is 17.3 Å². The van der Waals surface area contributed by atoms with Gasteiger partial charge in [-0.05, 0) is 34.6 Å². The molecule has 0 saturated heterocycles. The van der Waals surface area contributed by atoms with E-state index in [0.717, 1.165) is 5.65 Å². The van der Waals surface area contributed by atoms with Crippen molar-refractivity contribution < 1.29 is 0 Å². The fraction of sp³-hybridized carbons (Fsp3) is 0.100. The van der Waals surface area contributed by atoms with E-state index in [4.69, 9.17) is 4.98 Å². The Hall–Kier alpha value is -3.91. The molecule has 1 aliphatic heterocycles. The first kappa shape index (κ1) is 17.7. The first-order valence-corrected chi connectivity index (χ1v) is 11.2. The van der Waals surface area contributed by atoms with E-state index in [1.54, 1.807) is 0 Å². The summed E-state index contributed by atoms with van der Waals surface area (Å²) in [4.78, 5) is 5.00. The van der Waals surface area contributed by atoms with Crippen molar-refractivity contribution in [2.45, 2.75) is 18.8 Å². The molecule has 2 heteroatoms. The maximum atomic E-state index is 5.00. The van der Waals surface area contributed by atoms with Crippen LogP contribution in [0.5, 0.6) is 0 Å². The van der Waals surface area contributed by atoms with E-state index in [9.17, 15) is 0 Å². The lowest BCUT2D eigenvalue weighted by Gasteiger charge is -2.34. The number of hydrogen-bond donors (Lipinski definition) is 0. The van der Waals surface area contributed by atoms with Crippen LogP contribution < -0.4 is 0 Å². The van der Waals surface area contributed by atoms with Crippen molar-refractivity contribution in [1.29, 1.82) is 0 Å². The number of benzene rings is 4. The van der Waals surface area contributed by atoms with E-state index in [-0.39, 0.29) is 11.8 Å². The third-order valence-electron chi connectivity index (χ3n) is 7.17. The summed E-state index contributed by atoms with van der Waals surface area (Å²) in [6, 6.07) is 35.3. The molecule has 6 aromatic rings. The molecule has 0 fully saturated rings. The van der Waals surface area contributed by atoms with Crippen molar-refractivity contribution >= 4 is 27.3 Å². The van der Waals surface area contributed by atoms with Crippen LogP contribution in [-0.4, -0.2) is 9.38 Å². The summed E-state index contributed by atoms with van der Waals surface area (Å²) >= 11 is 0. The van der Waals surface area contributed by atoms with Crippen molar-refractivity contribution in [1.82, 2.24) is 9.38 Å². The maximum Gasteiger partial charge on any atom is 0.145 e. The summed E-state index contributed by atoms with van der Waals surface area (Å²) in [5, 5.41) is 3.85. The van der Waals surface area contributed by atoms with Gasteiger partial charge in [-0.25, -0.2) is 4.98 Å². The second kappa shape index (κ2) is 6.54. The predicted octanol–water partition coefficient (Wildman–Crippen LogP) is 7.23. The molecule has 2 unspecified atom stereocenters. The van der Waals surface area contributed by atoms with Crippen LogP contribution >= 0.6 is 0 Å². The molecule has 152 valence electrons. The highest BCUT2D eigenvalue weighted by Crippen LogP contribution is 2.50. The van der Waals surface area contributed by atoms with E-state index in [1.807, 2.05) is 0 Å². The molecule has 0 aliphatic carbocycles. The van der Waals surface area contributed by atoms with E-state index in [0.29, 0.717) is 0 Å². The first-order chi connectivity index (χ1) is 15.8. The molecule has 0 bridgehead atoms. The molecule has 1 aliphatic rings. The predicted molar refractivity (Wildman–Crippen MR) is 132 cm³/mol. The minimum absolute atomic E-state index is 0.202. The standard InChI is InChI=1S/C30H22N2/c1-19-16-17-24-27(20-10-4-2-5-11-20)28(21-12-6-3-7-13-21)25-18-31-30-23-15-9-8-14-22(23)26(19)29(24)32(25)30/h2-18,27-28H,1H3. The molecule has 4 aromatic carbocycles. The molecule has 0 N–H and O–H groups in total. The van der Waals surface area contributed by atoms with Gasteiger partial charge < -0.3 is 0 Å². The lowest BCUT2D eigenvalue weighted by molar-refractivity contribution is 0.657. The third kappa shape index (κ3) is 2.27. The maximum absolute atomic E-state index is 5.00. The number of rotatable bonds is 2. The highest BCUT2D eigenvalue weighted by molar-refractivity contribution is 6.14. The van der Waals surface area contributed by atoms with Crippen LogP contribution in [0, 0.1) is 6.92 Å². The molecule has 0 spiro atoms. The highest BCUT2D eigenvalue weighted by Gasteiger charge is 2.36. The molecular formula is C30H22N2. The van der Waals surface area contributed by atoms with Crippen molar-refractivity contribution in [3.8, 4) is 0 Å². The molecule has 3 heterocycles. The van der Waals surface area contributed by atoms with Gasteiger partial charge in [-0.15, -0.1) is 0 Å². The number of aryl methyl sites for hydroxylation is 1. The van der Waals surface area contributed by atoms with Gasteiger partial charge in [0.15, 0.2) is 0 Å². The van der Waals surface area contributed by atoms with Crippen molar-refractivity contribution in [3.63, 3.8) is 0 Å². The number of pyridine rings is 1. The second-order valence-electron chi connectivity index (χ2n) is 8.86. The Balaban J connectivity index is 1.72. The van der Waals surface area contributed by atoms with E-state index in [2.05, 4.69) is 115 Å². The van der Waals surface area contributed by atoms with E-state index in [1.165, 1.54) is 49.6 Å². The van der Waals surface area contributed by atoms with Crippen molar-refractivity contribution in [2.24, 2.45) is 0 Å².